The van der Waals surface area contributed by atoms with Crippen molar-refractivity contribution in [3.63, 3.8) is 0 Å². The maximum Gasteiger partial charge on any atom is 0.235 e. The first-order valence-corrected chi connectivity index (χ1v) is 6.21. The van der Waals surface area contributed by atoms with E-state index >= 15 is 0 Å². The van der Waals surface area contributed by atoms with Crippen molar-refractivity contribution in [2.45, 2.75) is 18.5 Å². The van der Waals surface area contributed by atoms with E-state index in [1.54, 1.807) is 0 Å². The van der Waals surface area contributed by atoms with Crippen LogP contribution in [0.3, 0.4) is 0 Å². The molecule has 0 aromatic rings. The van der Waals surface area contributed by atoms with Crippen molar-refractivity contribution >= 4 is 15.7 Å². The number of nitrogens with one attached hydrogen (secondary N) is 1. The molecule has 1 saturated heterocycles. The second-order valence-corrected chi connectivity index (χ2v) is 5.75. The van der Waals surface area contributed by atoms with E-state index in [-0.39, 0.29) is 24.1 Å². The van der Waals surface area contributed by atoms with Gasteiger partial charge in [-0.05, 0) is 6.42 Å². The highest BCUT2D eigenvalue weighted by Gasteiger charge is 2.27. The van der Waals surface area contributed by atoms with Crippen LogP contribution in [0.25, 0.3) is 0 Å². The first kappa shape index (κ1) is 11.4. The predicted molar refractivity (Wildman–Crippen MR) is 52.2 cm³/mol. The third-order valence-electron chi connectivity index (χ3n) is 2.22. The van der Waals surface area contributed by atoms with E-state index in [1.165, 1.54) is 0 Å². The maximum absolute atomic E-state index is 11.1. The second-order valence-electron chi connectivity index (χ2n) is 3.52. The first-order valence-electron chi connectivity index (χ1n) is 4.39. The smallest absolute Gasteiger partial charge is 0.235 e. The van der Waals surface area contributed by atoms with E-state index in [1.807, 2.05) is 0 Å². The molecule has 1 amide bonds. The van der Waals surface area contributed by atoms with E-state index < -0.39 is 21.8 Å². The lowest BCUT2D eigenvalue weighted by molar-refractivity contribution is -0.119. The lowest BCUT2D eigenvalue weighted by atomic mass is 10.2. The molecule has 82 valence electrons. The van der Waals surface area contributed by atoms with Gasteiger partial charge in [-0.2, -0.15) is 0 Å². The van der Waals surface area contributed by atoms with Crippen LogP contribution in [0.5, 0.6) is 0 Å². The Kier molecular flexibility index (Phi) is 3.46. The molecule has 1 aliphatic heterocycles. The lowest BCUT2D eigenvalue weighted by Gasteiger charge is -2.13. The van der Waals surface area contributed by atoms with Gasteiger partial charge in [0, 0.05) is 12.6 Å². The van der Waals surface area contributed by atoms with Crippen molar-refractivity contribution in [3.05, 3.63) is 0 Å². The summed E-state index contributed by atoms with van der Waals surface area (Å²) in [5, 5.41) is 2.91. The number of primary amides is 1. The Balaban J connectivity index is 2.31. The molecule has 2 unspecified atom stereocenters. The zero-order chi connectivity index (χ0) is 10.8. The van der Waals surface area contributed by atoms with Gasteiger partial charge in [0.1, 0.15) is 0 Å². The molecule has 7 heteroatoms. The van der Waals surface area contributed by atoms with Crippen LogP contribution < -0.4 is 16.8 Å². The van der Waals surface area contributed by atoms with Gasteiger partial charge < -0.3 is 16.8 Å². The Morgan fingerprint density at radius 1 is 1.57 bits per heavy atom. The van der Waals surface area contributed by atoms with E-state index in [2.05, 4.69) is 5.32 Å². The highest BCUT2D eigenvalue weighted by atomic mass is 32.2. The minimum absolute atomic E-state index is 0.0922. The van der Waals surface area contributed by atoms with Crippen molar-refractivity contribution in [2.24, 2.45) is 11.5 Å². The molecule has 1 fully saturated rings. The molecular formula is C7H15N3O3S. The summed E-state index contributed by atoms with van der Waals surface area (Å²) in [6, 6.07) is -0.844. The molecule has 1 aliphatic rings. The molecule has 14 heavy (non-hydrogen) atoms. The van der Waals surface area contributed by atoms with Crippen molar-refractivity contribution in [2.75, 3.05) is 18.1 Å². The number of sulfone groups is 1. The minimum atomic E-state index is -2.88. The molecule has 0 aliphatic carbocycles. The highest BCUT2D eigenvalue weighted by molar-refractivity contribution is 7.91. The van der Waals surface area contributed by atoms with Crippen molar-refractivity contribution < 1.29 is 13.2 Å². The number of rotatable bonds is 4. The van der Waals surface area contributed by atoms with Gasteiger partial charge in [0.15, 0.2) is 9.84 Å². The molecule has 0 radical (unpaired) electrons. The number of carbonyl (C=O) groups is 1. The summed E-state index contributed by atoms with van der Waals surface area (Å²) >= 11 is 0. The summed E-state index contributed by atoms with van der Waals surface area (Å²) in [5.41, 5.74) is 10.3. The molecule has 0 aromatic heterocycles. The number of nitrogens with two attached hydrogens (primary N) is 2. The fourth-order valence-electron chi connectivity index (χ4n) is 1.35. The fourth-order valence-corrected chi connectivity index (χ4v) is 3.06. The monoisotopic (exact) mass is 221 g/mol. The van der Waals surface area contributed by atoms with Crippen LogP contribution in [0.2, 0.25) is 0 Å². The van der Waals surface area contributed by atoms with Gasteiger partial charge >= 0.3 is 0 Å². The molecular weight excluding hydrogens is 206 g/mol. The summed E-state index contributed by atoms with van der Waals surface area (Å²) in [5.74, 6) is -0.257. The zero-order valence-corrected chi connectivity index (χ0v) is 8.59. The average molecular weight is 221 g/mol. The number of hydrogen-bond acceptors (Lipinski definition) is 5. The minimum Gasteiger partial charge on any atom is -0.368 e. The van der Waals surface area contributed by atoms with Crippen LogP contribution in [0.1, 0.15) is 6.42 Å². The first-order chi connectivity index (χ1) is 6.41. The van der Waals surface area contributed by atoms with Gasteiger partial charge in [-0.1, -0.05) is 0 Å². The van der Waals surface area contributed by atoms with E-state index in [9.17, 15) is 13.2 Å². The Labute approximate surface area is 82.9 Å². The van der Waals surface area contributed by atoms with Crippen LogP contribution in [0.15, 0.2) is 0 Å². The molecule has 5 N–H and O–H groups in total. The molecule has 1 heterocycles. The maximum atomic E-state index is 11.1. The van der Waals surface area contributed by atoms with Crippen LogP contribution >= 0.6 is 0 Å². The van der Waals surface area contributed by atoms with Crippen molar-refractivity contribution in [3.8, 4) is 0 Å². The summed E-state index contributed by atoms with van der Waals surface area (Å²) in [4.78, 5) is 10.6. The van der Waals surface area contributed by atoms with Crippen molar-refractivity contribution in [1.29, 1.82) is 0 Å². The van der Waals surface area contributed by atoms with E-state index in [4.69, 9.17) is 11.5 Å². The van der Waals surface area contributed by atoms with Gasteiger partial charge in [-0.15, -0.1) is 0 Å². The van der Waals surface area contributed by atoms with Gasteiger partial charge in [-0.3, -0.25) is 4.79 Å². The van der Waals surface area contributed by atoms with Crippen LogP contribution in [-0.2, 0) is 14.6 Å². The van der Waals surface area contributed by atoms with Crippen LogP contribution in [0, 0.1) is 0 Å². The third kappa shape index (κ3) is 3.24. The largest absolute Gasteiger partial charge is 0.368 e. The van der Waals surface area contributed by atoms with Gasteiger partial charge in [0.25, 0.3) is 0 Å². The summed E-state index contributed by atoms with van der Waals surface area (Å²) in [6.45, 7) is 0.232. The Morgan fingerprint density at radius 2 is 2.21 bits per heavy atom. The molecule has 6 nitrogen and oxygen atoms in total. The Morgan fingerprint density at radius 3 is 2.64 bits per heavy atom. The second kappa shape index (κ2) is 4.24. The van der Waals surface area contributed by atoms with Gasteiger partial charge in [-0.25, -0.2) is 8.42 Å². The molecule has 0 bridgehead atoms. The number of hydrogen-bond donors (Lipinski definition) is 3. The highest BCUT2D eigenvalue weighted by Crippen LogP contribution is 2.10. The average Bonchev–Trinajstić information content (AvgIpc) is 2.41. The quantitative estimate of drug-likeness (QED) is 0.488. The molecule has 1 rings (SSSR count). The standard InChI is InChI=1S/C7H15N3O3S/c8-6(7(9)11)3-10-5-1-2-14(12,13)4-5/h5-6,10H,1-4,8H2,(H2,9,11). The van der Waals surface area contributed by atoms with Gasteiger partial charge in [0.05, 0.1) is 17.5 Å². The SMILES string of the molecule is NC(=O)C(N)CNC1CCS(=O)(=O)C1. The van der Waals surface area contributed by atoms with Crippen LogP contribution in [-0.4, -0.2) is 44.5 Å². The van der Waals surface area contributed by atoms with E-state index in [0.29, 0.717) is 6.42 Å². The van der Waals surface area contributed by atoms with Crippen molar-refractivity contribution in [1.82, 2.24) is 5.32 Å². The van der Waals surface area contributed by atoms with Gasteiger partial charge in [0.2, 0.25) is 5.91 Å². The lowest BCUT2D eigenvalue weighted by Crippen LogP contribution is -2.47. The topological polar surface area (TPSA) is 115 Å². The summed E-state index contributed by atoms with van der Waals surface area (Å²) in [7, 11) is -2.88. The predicted octanol–water partition coefficient (Wildman–Crippen LogP) is -2.42. The molecule has 0 spiro atoms. The molecule has 0 saturated carbocycles. The zero-order valence-electron chi connectivity index (χ0n) is 7.77. The number of carbonyl (C=O) groups excluding carboxylic acids is 1. The fraction of sp³-hybridized carbons (Fsp3) is 0.857. The summed E-state index contributed by atoms with van der Waals surface area (Å²) in [6.07, 6.45) is 0.577. The summed E-state index contributed by atoms with van der Waals surface area (Å²) < 4.78 is 22.1. The normalized spacial score (nSPS) is 27.4. The number of amides is 1. The van der Waals surface area contributed by atoms with E-state index in [0.717, 1.165) is 0 Å². The van der Waals surface area contributed by atoms with Crippen LogP contribution in [0.4, 0.5) is 0 Å². The Bertz CT molecular complexity index is 314. The molecule has 2 atom stereocenters. The third-order valence-corrected chi connectivity index (χ3v) is 3.99. The molecule has 0 aromatic carbocycles. The Hall–Kier alpha value is -0.660.